The van der Waals surface area contributed by atoms with E-state index in [2.05, 4.69) is 19.2 Å². The quantitative estimate of drug-likeness (QED) is 0.677. The molecule has 21 heavy (non-hydrogen) atoms. The molecule has 124 valence electrons. The van der Waals surface area contributed by atoms with Gasteiger partial charge in [0.25, 0.3) is 0 Å². The predicted molar refractivity (Wildman–Crippen MR) is 82.5 cm³/mol. The number of amides is 1. The Bertz CT molecular complexity index is 423. The minimum Gasteiger partial charge on any atom is -0.381 e. The van der Waals surface area contributed by atoms with E-state index in [0.29, 0.717) is 32.0 Å². The molecule has 6 nitrogen and oxygen atoms in total. The molecule has 1 N–H and O–H groups in total. The Balaban J connectivity index is 2.33. The number of ether oxygens (including phenoxy) is 1. The predicted octanol–water partition coefficient (Wildman–Crippen LogP) is 0.979. The van der Waals surface area contributed by atoms with Gasteiger partial charge < -0.3 is 10.1 Å². The summed E-state index contributed by atoms with van der Waals surface area (Å²) < 4.78 is 30.2. The molecule has 1 rings (SSSR count). The van der Waals surface area contributed by atoms with Gasteiger partial charge in [-0.25, -0.2) is 8.42 Å². The van der Waals surface area contributed by atoms with Crippen molar-refractivity contribution in [3.63, 3.8) is 0 Å². The van der Waals surface area contributed by atoms with Crippen LogP contribution in [-0.2, 0) is 19.6 Å². The van der Waals surface area contributed by atoms with E-state index >= 15 is 0 Å². The van der Waals surface area contributed by atoms with Crippen molar-refractivity contribution in [3.8, 4) is 0 Å². The van der Waals surface area contributed by atoms with Crippen molar-refractivity contribution >= 4 is 15.9 Å². The molecular formula is C14H28N2O4S. The summed E-state index contributed by atoms with van der Waals surface area (Å²) in [4.78, 5) is 12.1. The van der Waals surface area contributed by atoms with Gasteiger partial charge in [-0.15, -0.1) is 0 Å². The zero-order valence-electron chi connectivity index (χ0n) is 13.3. The molecule has 0 spiro atoms. The average Bonchev–Trinajstić information content (AvgIpc) is 2.41. The molecule has 1 unspecified atom stereocenters. The van der Waals surface area contributed by atoms with Crippen LogP contribution in [0.25, 0.3) is 0 Å². The van der Waals surface area contributed by atoms with Crippen molar-refractivity contribution < 1.29 is 17.9 Å². The van der Waals surface area contributed by atoms with Crippen LogP contribution >= 0.6 is 0 Å². The lowest BCUT2D eigenvalue weighted by atomic mass is 10.0. The minimum atomic E-state index is -3.32. The molecule has 0 bridgehead atoms. The van der Waals surface area contributed by atoms with Crippen LogP contribution in [0.1, 0.15) is 39.5 Å². The van der Waals surface area contributed by atoms with Gasteiger partial charge in [0.2, 0.25) is 15.9 Å². The number of hydrogen-bond acceptors (Lipinski definition) is 4. The zero-order valence-corrected chi connectivity index (χ0v) is 14.1. The SMILES string of the molecule is CC(C)COCCCNC(=O)C1CCCCN1S(C)(=O)=O. The van der Waals surface area contributed by atoms with E-state index in [1.807, 2.05) is 0 Å². The number of sulfonamides is 1. The lowest BCUT2D eigenvalue weighted by Crippen LogP contribution is -2.51. The first-order valence-corrected chi connectivity index (χ1v) is 9.49. The van der Waals surface area contributed by atoms with Crippen molar-refractivity contribution in [2.24, 2.45) is 5.92 Å². The molecule has 7 heteroatoms. The third-order valence-corrected chi connectivity index (χ3v) is 4.69. The van der Waals surface area contributed by atoms with E-state index in [1.165, 1.54) is 10.6 Å². The topological polar surface area (TPSA) is 75.7 Å². The molecule has 1 heterocycles. The summed E-state index contributed by atoms with van der Waals surface area (Å²) >= 11 is 0. The molecule has 0 saturated carbocycles. The number of piperidine rings is 1. The summed E-state index contributed by atoms with van der Waals surface area (Å²) in [6, 6.07) is -0.551. The van der Waals surface area contributed by atoms with Gasteiger partial charge in [0.15, 0.2) is 0 Å². The second-order valence-electron chi connectivity index (χ2n) is 6.00. The van der Waals surface area contributed by atoms with Crippen molar-refractivity contribution in [3.05, 3.63) is 0 Å². The van der Waals surface area contributed by atoms with E-state index in [4.69, 9.17) is 4.74 Å². The summed E-state index contributed by atoms with van der Waals surface area (Å²) in [5, 5.41) is 2.82. The first kappa shape index (κ1) is 18.4. The van der Waals surface area contributed by atoms with Crippen LogP contribution in [0.3, 0.4) is 0 Å². The summed E-state index contributed by atoms with van der Waals surface area (Å²) in [6.07, 6.45) is 4.21. The Morgan fingerprint density at radius 1 is 1.38 bits per heavy atom. The van der Waals surface area contributed by atoms with Gasteiger partial charge in [-0.1, -0.05) is 20.3 Å². The molecule has 1 fully saturated rings. The van der Waals surface area contributed by atoms with Crippen molar-refractivity contribution in [2.45, 2.75) is 45.6 Å². The fraction of sp³-hybridized carbons (Fsp3) is 0.929. The van der Waals surface area contributed by atoms with E-state index in [1.54, 1.807) is 0 Å². The van der Waals surface area contributed by atoms with Crippen LogP contribution in [0, 0.1) is 5.92 Å². The normalized spacial score (nSPS) is 20.7. The molecule has 0 aliphatic carbocycles. The van der Waals surface area contributed by atoms with E-state index < -0.39 is 16.1 Å². The van der Waals surface area contributed by atoms with Gasteiger partial charge in [0.1, 0.15) is 6.04 Å². The largest absolute Gasteiger partial charge is 0.381 e. The Hall–Kier alpha value is -0.660. The molecule has 0 aromatic carbocycles. The van der Waals surface area contributed by atoms with Crippen LogP contribution < -0.4 is 5.32 Å². The Morgan fingerprint density at radius 3 is 2.71 bits per heavy atom. The first-order valence-electron chi connectivity index (χ1n) is 7.64. The third-order valence-electron chi connectivity index (χ3n) is 3.40. The van der Waals surface area contributed by atoms with Gasteiger partial charge in [0.05, 0.1) is 6.26 Å². The van der Waals surface area contributed by atoms with Crippen molar-refractivity contribution in [1.82, 2.24) is 9.62 Å². The van der Waals surface area contributed by atoms with Crippen LogP contribution in [-0.4, -0.2) is 57.2 Å². The molecule has 0 aromatic rings. The lowest BCUT2D eigenvalue weighted by molar-refractivity contribution is -0.125. The molecule has 1 amide bonds. The fourth-order valence-corrected chi connectivity index (χ4v) is 3.51. The standard InChI is InChI=1S/C14H28N2O4S/c1-12(2)11-20-10-6-8-15-14(17)13-7-4-5-9-16(13)21(3,18)19/h12-13H,4-11H2,1-3H3,(H,15,17). The van der Waals surface area contributed by atoms with E-state index in [-0.39, 0.29) is 5.91 Å². The molecule has 0 radical (unpaired) electrons. The summed E-state index contributed by atoms with van der Waals surface area (Å²) in [7, 11) is -3.32. The molecule has 1 atom stereocenters. The Morgan fingerprint density at radius 2 is 2.10 bits per heavy atom. The van der Waals surface area contributed by atoms with Gasteiger partial charge in [-0.05, 0) is 25.2 Å². The third kappa shape index (κ3) is 6.76. The van der Waals surface area contributed by atoms with Crippen LogP contribution in [0.4, 0.5) is 0 Å². The maximum Gasteiger partial charge on any atom is 0.238 e. The molecule has 0 aromatic heterocycles. The highest BCUT2D eigenvalue weighted by atomic mass is 32.2. The highest BCUT2D eigenvalue weighted by Gasteiger charge is 2.34. The number of rotatable bonds is 8. The maximum absolute atomic E-state index is 12.1. The second-order valence-corrected chi connectivity index (χ2v) is 7.93. The number of nitrogens with one attached hydrogen (secondary N) is 1. The lowest BCUT2D eigenvalue weighted by Gasteiger charge is -2.32. The van der Waals surface area contributed by atoms with E-state index in [0.717, 1.165) is 25.9 Å². The number of hydrogen-bond donors (Lipinski definition) is 1. The summed E-state index contributed by atoms with van der Waals surface area (Å²) in [5.74, 6) is 0.314. The van der Waals surface area contributed by atoms with Gasteiger partial charge >= 0.3 is 0 Å². The summed E-state index contributed by atoms with van der Waals surface area (Å²) in [5.41, 5.74) is 0. The minimum absolute atomic E-state index is 0.191. The number of nitrogens with zero attached hydrogens (tertiary/aromatic N) is 1. The van der Waals surface area contributed by atoms with Gasteiger partial charge in [-0.2, -0.15) is 4.31 Å². The zero-order chi connectivity index (χ0) is 15.9. The maximum atomic E-state index is 12.1. The molecule has 1 aliphatic rings. The average molecular weight is 320 g/mol. The van der Waals surface area contributed by atoms with Crippen LogP contribution in [0.2, 0.25) is 0 Å². The first-order chi connectivity index (χ1) is 9.82. The highest BCUT2D eigenvalue weighted by Crippen LogP contribution is 2.19. The second kappa shape index (κ2) is 8.70. The molecule has 1 aliphatic heterocycles. The molecule has 1 saturated heterocycles. The van der Waals surface area contributed by atoms with Crippen molar-refractivity contribution in [2.75, 3.05) is 32.6 Å². The van der Waals surface area contributed by atoms with Crippen LogP contribution in [0.15, 0.2) is 0 Å². The monoisotopic (exact) mass is 320 g/mol. The Kier molecular flexibility index (Phi) is 7.62. The van der Waals surface area contributed by atoms with E-state index in [9.17, 15) is 13.2 Å². The van der Waals surface area contributed by atoms with Gasteiger partial charge in [-0.3, -0.25) is 4.79 Å². The van der Waals surface area contributed by atoms with Crippen molar-refractivity contribution in [1.29, 1.82) is 0 Å². The molecular weight excluding hydrogens is 292 g/mol. The number of carbonyl (C=O) groups excluding carboxylic acids is 1. The fourth-order valence-electron chi connectivity index (χ4n) is 2.39. The smallest absolute Gasteiger partial charge is 0.238 e. The highest BCUT2D eigenvalue weighted by molar-refractivity contribution is 7.88. The Labute approximate surface area is 128 Å². The summed E-state index contributed by atoms with van der Waals surface area (Å²) in [6.45, 7) is 6.46. The number of carbonyl (C=O) groups is 1. The van der Waals surface area contributed by atoms with Crippen LogP contribution in [0.5, 0.6) is 0 Å². The van der Waals surface area contributed by atoms with Gasteiger partial charge in [0, 0.05) is 26.3 Å².